The standard InChI is InChI=1S/C24H56O12SSi8/c1-18(2)39-25-38(17-15-16-37)26-40(19(3)4)30-42(28-39,21(7)8)34-45(24(13)14)35-43(29-39,22(9)10)31-41(27-38,20(5)6)33-44(32-40,36-45)23(11)12/h18-24,37H,15-17H2,1-14H3. The van der Waals surface area contributed by atoms with Crippen molar-refractivity contribution in [1.82, 2.24) is 0 Å². The van der Waals surface area contributed by atoms with Crippen LogP contribution in [-0.4, -0.2) is 76.2 Å². The molecule has 6 heterocycles. The lowest BCUT2D eigenvalue weighted by molar-refractivity contribution is -0.0421. The molecule has 0 saturated carbocycles. The summed E-state index contributed by atoms with van der Waals surface area (Å²) in [5.74, 6) is 0.608. The first-order valence-corrected chi connectivity index (χ1v) is 31.9. The highest BCUT2D eigenvalue weighted by Crippen LogP contribution is 2.59. The topological polar surface area (TPSA) is 111 Å². The molecule has 6 fully saturated rings. The molecule has 0 aromatic heterocycles. The maximum absolute atomic E-state index is 7.49. The van der Waals surface area contributed by atoms with Crippen molar-refractivity contribution in [2.75, 3.05) is 5.75 Å². The summed E-state index contributed by atoms with van der Waals surface area (Å²) in [5, 5.41) is 0. The Morgan fingerprint density at radius 3 is 0.667 bits per heavy atom. The highest BCUT2D eigenvalue weighted by Gasteiger charge is 2.85. The zero-order valence-corrected chi connectivity index (χ0v) is 38.4. The van der Waals surface area contributed by atoms with Gasteiger partial charge in [0.25, 0.3) is 0 Å². The van der Waals surface area contributed by atoms with Crippen molar-refractivity contribution in [2.24, 2.45) is 0 Å². The predicted octanol–water partition coefficient (Wildman–Crippen LogP) is 6.95. The third kappa shape index (κ3) is 5.96. The van der Waals surface area contributed by atoms with Gasteiger partial charge in [0.15, 0.2) is 0 Å². The zero-order chi connectivity index (χ0) is 33.6. The zero-order valence-electron chi connectivity index (χ0n) is 29.5. The second kappa shape index (κ2) is 12.4. The molecule has 0 aromatic rings. The minimum atomic E-state index is -3.85. The number of hydrogen-bond acceptors (Lipinski definition) is 13. The average Bonchev–Trinajstić information content (AvgIpc) is 2.84. The molecular weight excluding hydrogens is 737 g/mol. The van der Waals surface area contributed by atoms with E-state index in [2.05, 4.69) is 110 Å². The van der Waals surface area contributed by atoms with Crippen molar-refractivity contribution in [1.29, 1.82) is 0 Å². The van der Waals surface area contributed by atoms with E-state index in [0.717, 1.165) is 0 Å². The first-order valence-electron chi connectivity index (χ1n) is 16.7. The Kier molecular flexibility index (Phi) is 10.4. The second-order valence-electron chi connectivity index (χ2n) is 15.0. The van der Waals surface area contributed by atoms with Crippen molar-refractivity contribution in [3.8, 4) is 0 Å². The van der Waals surface area contributed by atoms with Gasteiger partial charge in [-0.3, -0.25) is 0 Å². The Hall–Kier alpha value is 1.61. The smallest absolute Gasteiger partial charge is 0.373 e. The quantitative estimate of drug-likeness (QED) is 0.183. The van der Waals surface area contributed by atoms with Crippen LogP contribution in [-0.2, 0) is 49.4 Å². The molecular formula is C24H56O12SSi8. The summed E-state index contributed by atoms with van der Waals surface area (Å²) in [5.41, 5.74) is -1.58. The molecule has 12 nitrogen and oxygen atoms in total. The number of thiol groups is 1. The summed E-state index contributed by atoms with van der Waals surface area (Å²) in [6.07, 6.45) is 0.669. The van der Waals surface area contributed by atoms with Gasteiger partial charge in [-0.05, 0) is 12.2 Å². The molecule has 0 radical (unpaired) electrons. The van der Waals surface area contributed by atoms with Crippen LogP contribution in [0.3, 0.4) is 0 Å². The maximum Gasteiger partial charge on any atom is 0.481 e. The summed E-state index contributed by atoms with van der Waals surface area (Å²) in [6, 6.07) is 0.447. The lowest BCUT2D eigenvalue weighted by Crippen LogP contribution is -2.90. The summed E-state index contributed by atoms with van der Waals surface area (Å²) < 4.78 is 89.9. The summed E-state index contributed by atoms with van der Waals surface area (Å²) in [4.78, 5) is 0. The summed E-state index contributed by atoms with van der Waals surface area (Å²) in [7, 11) is -30.7. The monoisotopic (exact) mass is 792 g/mol. The Morgan fingerprint density at radius 1 is 0.333 bits per heavy atom. The van der Waals surface area contributed by atoms with Gasteiger partial charge >= 0.3 is 70.4 Å². The van der Waals surface area contributed by atoms with Crippen LogP contribution in [0.25, 0.3) is 0 Å². The molecule has 0 aromatic carbocycles. The Balaban J connectivity index is 1.98. The molecule has 262 valence electrons. The van der Waals surface area contributed by atoms with E-state index >= 15 is 0 Å². The molecule has 21 heteroatoms. The fraction of sp³-hybridized carbons (Fsp3) is 1.00. The van der Waals surface area contributed by atoms with Crippen LogP contribution in [0.4, 0.5) is 0 Å². The van der Waals surface area contributed by atoms with Crippen LogP contribution >= 0.6 is 12.6 Å². The van der Waals surface area contributed by atoms with E-state index < -0.39 is 70.4 Å². The average molecular weight is 793 g/mol. The van der Waals surface area contributed by atoms with E-state index in [1.165, 1.54) is 0 Å². The molecule has 0 unspecified atom stereocenters. The molecule has 6 saturated heterocycles. The fourth-order valence-corrected chi connectivity index (χ4v) is 60.4. The van der Waals surface area contributed by atoms with Crippen molar-refractivity contribution >= 4 is 83.1 Å². The number of hydrogen-bond donors (Lipinski definition) is 1. The van der Waals surface area contributed by atoms with Crippen molar-refractivity contribution in [3.63, 3.8) is 0 Å². The van der Waals surface area contributed by atoms with Crippen molar-refractivity contribution in [2.45, 2.75) is 148 Å². The molecule has 0 N–H and O–H groups in total. The molecule has 6 rings (SSSR count). The second-order valence-corrected chi connectivity index (χ2v) is 43.7. The van der Waals surface area contributed by atoms with Crippen LogP contribution in [0.1, 0.15) is 103 Å². The van der Waals surface area contributed by atoms with Gasteiger partial charge in [0, 0.05) is 44.8 Å². The maximum atomic E-state index is 7.49. The number of rotatable bonds is 10. The van der Waals surface area contributed by atoms with E-state index in [9.17, 15) is 0 Å². The van der Waals surface area contributed by atoms with Gasteiger partial charge in [0.05, 0.1) is 0 Å². The van der Waals surface area contributed by atoms with Gasteiger partial charge in [0.2, 0.25) is 0 Å². The van der Waals surface area contributed by atoms with Crippen molar-refractivity contribution in [3.05, 3.63) is 0 Å². The molecule has 0 atom stereocenters. The summed E-state index contributed by atoms with van der Waals surface area (Å²) in [6.45, 7) is 28.8. The van der Waals surface area contributed by atoms with Crippen LogP contribution in [0.15, 0.2) is 0 Å². The molecule has 0 spiro atoms. The lowest BCUT2D eigenvalue weighted by atomic mass is 10.6. The van der Waals surface area contributed by atoms with E-state index in [4.69, 9.17) is 49.4 Å². The first-order chi connectivity index (χ1) is 20.6. The van der Waals surface area contributed by atoms with E-state index in [1.807, 2.05) is 0 Å². The molecule has 6 aliphatic rings. The van der Waals surface area contributed by atoms with Gasteiger partial charge in [-0.2, -0.15) is 12.6 Å². The van der Waals surface area contributed by atoms with Gasteiger partial charge in [-0.1, -0.05) is 96.9 Å². The highest BCUT2D eigenvalue weighted by molar-refractivity contribution is 7.80. The van der Waals surface area contributed by atoms with E-state index in [0.29, 0.717) is 18.2 Å². The van der Waals surface area contributed by atoms with Gasteiger partial charge in [0.1, 0.15) is 0 Å². The Morgan fingerprint density at radius 2 is 0.511 bits per heavy atom. The minimum Gasteiger partial charge on any atom is -0.373 e. The molecule has 0 amide bonds. The van der Waals surface area contributed by atoms with Gasteiger partial charge in [-0.15, -0.1) is 0 Å². The van der Waals surface area contributed by atoms with Crippen LogP contribution < -0.4 is 0 Å². The molecule has 45 heavy (non-hydrogen) atoms. The van der Waals surface area contributed by atoms with E-state index in [-0.39, 0.29) is 38.8 Å². The lowest BCUT2D eigenvalue weighted by Gasteiger charge is -2.66. The van der Waals surface area contributed by atoms with Crippen molar-refractivity contribution < 1.29 is 49.4 Å². The Labute approximate surface area is 285 Å². The largest absolute Gasteiger partial charge is 0.481 e. The van der Waals surface area contributed by atoms with Crippen LogP contribution in [0.5, 0.6) is 0 Å². The predicted molar refractivity (Wildman–Crippen MR) is 188 cm³/mol. The third-order valence-electron chi connectivity index (χ3n) is 9.04. The first kappa shape index (κ1) is 37.9. The molecule has 6 aliphatic heterocycles. The van der Waals surface area contributed by atoms with Gasteiger partial charge in [-0.25, -0.2) is 0 Å². The van der Waals surface area contributed by atoms with Gasteiger partial charge < -0.3 is 49.4 Å². The highest BCUT2D eigenvalue weighted by atomic mass is 32.1. The normalized spacial score (nSPS) is 46.5. The minimum absolute atomic E-state index is 0.224. The Bertz CT molecular complexity index is 976. The summed E-state index contributed by atoms with van der Waals surface area (Å²) >= 11 is 4.59. The SMILES string of the molecule is CC(C)[Si]12O[Si]3(CCCS)O[Si]4(C(C)C)O[Si](C(C)C)(O1)O[Si]1(C(C)C)O[Si](C(C)C)(O2)O[Si](C(C)C)(O3)O[Si](C(C)C)(O4)O1. The van der Waals surface area contributed by atoms with E-state index in [1.54, 1.807) is 0 Å². The molecule has 0 aliphatic carbocycles. The fourth-order valence-electron chi connectivity index (χ4n) is 5.86. The van der Waals surface area contributed by atoms with Crippen LogP contribution in [0, 0.1) is 0 Å². The van der Waals surface area contributed by atoms with Crippen LogP contribution in [0.2, 0.25) is 44.8 Å². The third-order valence-corrected chi connectivity index (χ3v) is 47.9. The molecule has 8 bridgehead atoms.